The third kappa shape index (κ3) is 5.37. The van der Waals surface area contributed by atoms with Gasteiger partial charge in [0.2, 0.25) is 0 Å². The van der Waals surface area contributed by atoms with E-state index in [0.29, 0.717) is 0 Å². The highest BCUT2D eigenvalue weighted by Crippen LogP contribution is 2.35. The normalized spacial score (nSPS) is 13.2. The van der Waals surface area contributed by atoms with Gasteiger partial charge in [0.25, 0.3) is 0 Å². The molecule has 2 heterocycles. The topological polar surface area (TPSA) is 95.4 Å². The zero-order chi connectivity index (χ0) is 24.8. The van der Waals surface area contributed by atoms with Gasteiger partial charge >= 0.3 is 0 Å². The van der Waals surface area contributed by atoms with Crippen molar-refractivity contribution in [1.29, 1.82) is 0 Å². The fourth-order valence-electron chi connectivity index (χ4n) is 4.54. The molecule has 6 nitrogen and oxygen atoms in total. The van der Waals surface area contributed by atoms with E-state index in [-0.39, 0.29) is 6.04 Å². The number of terminal acetylenes is 1. The number of nitrogens with two attached hydrogens (primary N) is 1. The summed E-state index contributed by atoms with van der Waals surface area (Å²) in [6.45, 7) is 5.91. The molecule has 0 amide bonds. The van der Waals surface area contributed by atoms with Gasteiger partial charge in [-0.15, -0.1) is 12.8 Å². The summed E-state index contributed by atoms with van der Waals surface area (Å²) < 4.78 is 0. The van der Waals surface area contributed by atoms with Crippen LogP contribution in [-0.2, 0) is 19.4 Å². The molecule has 0 spiro atoms. The third-order valence-electron chi connectivity index (χ3n) is 6.34. The summed E-state index contributed by atoms with van der Waals surface area (Å²) in [5, 5.41) is 3.38. The lowest BCUT2D eigenvalue weighted by Crippen LogP contribution is -2.14. The summed E-state index contributed by atoms with van der Waals surface area (Å²) in [6, 6.07) is 15.4. The van der Waals surface area contributed by atoms with E-state index in [1.165, 1.54) is 27.9 Å². The number of hydrogen-bond acceptors (Lipinski definition) is 4. The van der Waals surface area contributed by atoms with Crippen LogP contribution < -0.4 is 11.1 Å². The van der Waals surface area contributed by atoms with E-state index in [9.17, 15) is 0 Å². The van der Waals surface area contributed by atoms with Crippen LogP contribution in [0.1, 0.15) is 55.6 Å². The second kappa shape index (κ2) is 11.2. The Hall–Kier alpha value is -3.66. The highest BCUT2D eigenvalue weighted by atomic mass is 15.0. The average Bonchev–Trinajstić information content (AvgIpc) is 3.50. The van der Waals surface area contributed by atoms with Crippen molar-refractivity contribution in [3.63, 3.8) is 0 Å². The molecule has 0 aliphatic heterocycles. The SMILES string of the molecule is C#C.CCCNCc1ncc(-c2ccc(-c3ccc4c(c3)CCCc3[nH]c([C@H](C)N)nc3-4)cc2)[nH]1. The summed E-state index contributed by atoms with van der Waals surface area (Å²) in [5.74, 6) is 1.84. The maximum atomic E-state index is 6.06. The Morgan fingerprint density at radius 2 is 1.77 bits per heavy atom. The molecule has 1 aliphatic rings. The van der Waals surface area contributed by atoms with Gasteiger partial charge in [0.1, 0.15) is 11.6 Å². The Labute approximate surface area is 207 Å². The molecule has 0 unspecified atom stereocenters. The Balaban J connectivity index is 0.00000141. The van der Waals surface area contributed by atoms with Crippen molar-refractivity contribution in [2.75, 3.05) is 6.54 Å². The van der Waals surface area contributed by atoms with Gasteiger partial charge < -0.3 is 21.0 Å². The summed E-state index contributed by atoms with van der Waals surface area (Å²) in [7, 11) is 0. The number of benzene rings is 2. The number of H-pyrrole nitrogens is 2. The quantitative estimate of drug-likeness (QED) is 0.217. The lowest BCUT2D eigenvalue weighted by atomic mass is 9.95. The number of nitrogens with one attached hydrogen (secondary N) is 3. The van der Waals surface area contributed by atoms with Crippen LogP contribution in [0, 0.1) is 12.8 Å². The van der Waals surface area contributed by atoms with E-state index in [1.807, 2.05) is 13.1 Å². The molecule has 4 aromatic rings. The van der Waals surface area contributed by atoms with Gasteiger partial charge in [-0.05, 0) is 61.4 Å². The van der Waals surface area contributed by atoms with Crippen molar-refractivity contribution < 1.29 is 0 Å². The van der Waals surface area contributed by atoms with Crippen molar-refractivity contribution in [3.8, 4) is 46.5 Å². The first-order valence-electron chi connectivity index (χ1n) is 12.3. The lowest BCUT2D eigenvalue weighted by Gasteiger charge is -2.10. The van der Waals surface area contributed by atoms with Crippen LogP contribution in [0.25, 0.3) is 33.6 Å². The van der Waals surface area contributed by atoms with Gasteiger partial charge in [0.05, 0.1) is 30.2 Å². The Morgan fingerprint density at radius 1 is 1.03 bits per heavy atom. The molecule has 0 bridgehead atoms. The first-order chi connectivity index (χ1) is 17.1. The lowest BCUT2D eigenvalue weighted by molar-refractivity contribution is 0.655. The number of fused-ring (bicyclic) bond motifs is 3. The average molecular weight is 467 g/mol. The molecular weight excluding hydrogens is 432 g/mol. The fraction of sp³-hybridized carbons (Fsp3) is 0.310. The van der Waals surface area contributed by atoms with Crippen LogP contribution in [0.4, 0.5) is 0 Å². The molecule has 5 N–H and O–H groups in total. The standard InChI is InChI=1S/C27H32N6.C2H2/c1-3-13-29-16-25-30-15-24(31-25)19-9-7-18(8-10-19)20-11-12-22-21(14-20)5-4-6-23-26(22)33-27(32-23)17(2)28;1-2/h7-12,14-15,17,29H,3-6,13,16,28H2,1-2H3,(H,30,31)(H,32,33);1-2H/t17-;/m0./s1. The third-order valence-corrected chi connectivity index (χ3v) is 6.34. The number of imidazole rings is 2. The van der Waals surface area contributed by atoms with Crippen molar-refractivity contribution in [3.05, 3.63) is 71.6 Å². The molecule has 1 aliphatic carbocycles. The zero-order valence-electron chi connectivity index (χ0n) is 20.6. The minimum atomic E-state index is -0.0864. The van der Waals surface area contributed by atoms with E-state index in [0.717, 1.165) is 67.4 Å². The monoisotopic (exact) mass is 466 g/mol. The van der Waals surface area contributed by atoms with Gasteiger partial charge in [-0.2, -0.15) is 0 Å². The fourth-order valence-corrected chi connectivity index (χ4v) is 4.54. The largest absolute Gasteiger partial charge is 0.344 e. The maximum absolute atomic E-state index is 6.06. The van der Waals surface area contributed by atoms with Crippen molar-refractivity contribution >= 4 is 0 Å². The Morgan fingerprint density at radius 3 is 2.51 bits per heavy atom. The number of hydrogen-bond donors (Lipinski definition) is 4. The molecule has 2 aromatic heterocycles. The van der Waals surface area contributed by atoms with Gasteiger partial charge in [0.15, 0.2) is 0 Å². The maximum Gasteiger partial charge on any atom is 0.123 e. The first-order valence-corrected chi connectivity index (χ1v) is 12.3. The van der Waals surface area contributed by atoms with Crippen molar-refractivity contribution in [2.45, 2.75) is 52.1 Å². The Kier molecular flexibility index (Phi) is 7.81. The zero-order valence-corrected chi connectivity index (χ0v) is 20.6. The van der Waals surface area contributed by atoms with Gasteiger partial charge in [0, 0.05) is 11.3 Å². The van der Waals surface area contributed by atoms with Gasteiger partial charge in [-0.3, -0.25) is 0 Å². The molecule has 0 fully saturated rings. The summed E-state index contributed by atoms with van der Waals surface area (Å²) >= 11 is 0. The second-order valence-electron chi connectivity index (χ2n) is 8.96. The number of aromatic nitrogens is 4. The molecule has 2 aromatic carbocycles. The van der Waals surface area contributed by atoms with Crippen LogP contribution in [0.15, 0.2) is 48.7 Å². The number of aromatic amines is 2. The number of rotatable bonds is 7. The predicted octanol–water partition coefficient (Wildman–Crippen LogP) is 5.39. The predicted molar refractivity (Wildman–Crippen MR) is 144 cm³/mol. The van der Waals surface area contributed by atoms with Crippen LogP contribution in [-0.4, -0.2) is 26.5 Å². The molecule has 35 heavy (non-hydrogen) atoms. The van der Waals surface area contributed by atoms with E-state index >= 15 is 0 Å². The molecule has 0 saturated heterocycles. The van der Waals surface area contributed by atoms with E-state index in [2.05, 4.69) is 82.5 Å². The highest BCUT2D eigenvalue weighted by Gasteiger charge is 2.20. The van der Waals surface area contributed by atoms with E-state index < -0.39 is 0 Å². The first kappa shape index (κ1) is 24.5. The van der Waals surface area contributed by atoms with Crippen LogP contribution in [0.5, 0.6) is 0 Å². The number of aryl methyl sites for hydroxylation is 2. The molecule has 180 valence electrons. The van der Waals surface area contributed by atoms with Crippen LogP contribution in [0.3, 0.4) is 0 Å². The van der Waals surface area contributed by atoms with E-state index in [4.69, 9.17) is 10.7 Å². The summed E-state index contributed by atoms with van der Waals surface area (Å²) in [4.78, 5) is 16.2. The second-order valence-corrected chi connectivity index (χ2v) is 8.96. The van der Waals surface area contributed by atoms with Crippen LogP contribution in [0.2, 0.25) is 0 Å². The smallest absolute Gasteiger partial charge is 0.123 e. The molecule has 1 atom stereocenters. The molecular formula is C29H34N6. The Bertz CT molecular complexity index is 1280. The van der Waals surface area contributed by atoms with Crippen LogP contribution >= 0.6 is 0 Å². The summed E-state index contributed by atoms with van der Waals surface area (Å²) in [5.41, 5.74) is 15.6. The van der Waals surface area contributed by atoms with Gasteiger partial charge in [-0.1, -0.05) is 49.4 Å². The summed E-state index contributed by atoms with van der Waals surface area (Å²) in [6.07, 6.45) is 14.2. The van der Waals surface area contributed by atoms with E-state index in [1.54, 1.807) is 0 Å². The molecule has 5 rings (SSSR count). The number of nitrogens with zero attached hydrogens (tertiary/aromatic N) is 2. The minimum Gasteiger partial charge on any atom is -0.344 e. The molecule has 0 radical (unpaired) electrons. The van der Waals surface area contributed by atoms with Crippen molar-refractivity contribution in [1.82, 2.24) is 25.3 Å². The van der Waals surface area contributed by atoms with Crippen molar-refractivity contribution in [2.24, 2.45) is 5.73 Å². The minimum absolute atomic E-state index is 0.0864. The molecule has 0 saturated carbocycles. The van der Waals surface area contributed by atoms with Gasteiger partial charge in [-0.25, -0.2) is 9.97 Å². The molecule has 6 heteroatoms. The highest BCUT2D eigenvalue weighted by molar-refractivity contribution is 5.75.